The third-order valence-corrected chi connectivity index (χ3v) is 4.01. The lowest BCUT2D eigenvalue weighted by Crippen LogP contribution is -2.24. The highest BCUT2D eigenvalue weighted by molar-refractivity contribution is 7.80. The predicted octanol–water partition coefficient (Wildman–Crippen LogP) is 3.20. The van der Waals surface area contributed by atoms with Gasteiger partial charge >= 0.3 is 0 Å². The van der Waals surface area contributed by atoms with Crippen molar-refractivity contribution in [3.05, 3.63) is 28.8 Å². The highest BCUT2D eigenvalue weighted by Crippen LogP contribution is 2.26. The Morgan fingerprint density at radius 3 is 3.05 bits per heavy atom. The summed E-state index contributed by atoms with van der Waals surface area (Å²) in [6, 6.07) is 5.57. The number of halogens is 1. The van der Waals surface area contributed by atoms with Gasteiger partial charge in [-0.25, -0.2) is 0 Å². The van der Waals surface area contributed by atoms with E-state index in [2.05, 4.69) is 12.2 Å². The first-order chi connectivity index (χ1) is 9.11. The smallest absolute Gasteiger partial charge is 0.106 e. The zero-order chi connectivity index (χ0) is 13.8. The van der Waals surface area contributed by atoms with E-state index in [1.54, 1.807) is 6.07 Å². The standard InChI is InChI=1S/C14H19ClN2OS/c1-2-13-9(5-6-18-13)8-17-12-4-3-10(15)7-11(12)14(16)19/h3-4,7,9,13,17H,2,5-6,8H2,1H3,(H2,16,19). The van der Waals surface area contributed by atoms with Crippen molar-refractivity contribution in [2.24, 2.45) is 11.7 Å². The number of nitrogens with one attached hydrogen (secondary N) is 1. The number of ether oxygens (including phenoxy) is 1. The van der Waals surface area contributed by atoms with Gasteiger partial charge in [-0.15, -0.1) is 0 Å². The lowest BCUT2D eigenvalue weighted by molar-refractivity contribution is 0.0900. The molecule has 3 nitrogen and oxygen atoms in total. The van der Waals surface area contributed by atoms with Crippen LogP contribution in [-0.4, -0.2) is 24.2 Å². The van der Waals surface area contributed by atoms with Crippen molar-refractivity contribution in [3.63, 3.8) is 0 Å². The molecule has 3 N–H and O–H groups in total. The van der Waals surface area contributed by atoms with E-state index in [0.29, 0.717) is 22.0 Å². The second-order valence-corrected chi connectivity index (χ2v) is 5.68. The zero-order valence-electron chi connectivity index (χ0n) is 11.0. The third-order valence-electron chi connectivity index (χ3n) is 3.55. The summed E-state index contributed by atoms with van der Waals surface area (Å²) < 4.78 is 5.69. The maximum Gasteiger partial charge on any atom is 0.106 e. The quantitative estimate of drug-likeness (QED) is 0.820. The van der Waals surface area contributed by atoms with Gasteiger partial charge in [0.2, 0.25) is 0 Å². The normalized spacial score (nSPS) is 22.4. The molecule has 1 saturated heterocycles. The predicted molar refractivity (Wildman–Crippen MR) is 84.0 cm³/mol. The van der Waals surface area contributed by atoms with E-state index in [4.69, 9.17) is 34.3 Å². The maximum absolute atomic E-state index is 5.97. The summed E-state index contributed by atoms with van der Waals surface area (Å²) in [5.41, 5.74) is 7.47. The van der Waals surface area contributed by atoms with Crippen LogP contribution in [0.25, 0.3) is 0 Å². The van der Waals surface area contributed by atoms with E-state index in [-0.39, 0.29) is 0 Å². The van der Waals surface area contributed by atoms with Gasteiger partial charge in [-0.05, 0) is 31.0 Å². The van der Waals surface area contributed by atoms with Crippen molar-refractivity contribution in [2.75, 3.05) is 18.5 Å². The molecule has 0 amide bonds. The molecule has 1 heterocycles. The molecule has 1 aliphatic heterocycles. The van der Waals surface area contributed by atoms with Crippen LogP contribution in [0.2, 0.25) is 5.02 Å². The van der Waals surface area contributed by atoms with E-state index < -0.39 is 0 Å². The maximum atomic E-state index is 5.97. The summed E-state index contributed by atoms with van der Waals surface area (Å²) in [4.78, 5) is 0.361. The van der Waals surface area contributed by atoms with Gasteiger partial charge in [-0.1, -0.05) is 30.7 Å². The Morgan fingerprint density at radius 2 is 2.37 bits per heavy atom. The van der Waals surface area contributed by atoms with Crippen LogP contribution in [-0.2, 0) is 4.74 Å². The van der Waals surface area contributed by atoms with E-state index in [1.807, 2.05) is 12.1 Å². The summed E-state index contributed by atoms with van der Waals surface area (Å²) in [5, 5.41) is 4.06. The molecule has 0 radical (unpaired) electrons. The number of rotatable bonds is 5. The summed E-state index contributed by atoms with van der Waals surface area (Å²) in [6.07, 6.45) is 2.50. The van der Waals surface area contributed by atoms with Crippen LogP contribution in [0, 0.1) is 5.92 Å². The molecular formula is C14H19ClN2OS. The van der Waals surface area contributed by atoms with Crippen molar-refractivity contribution in [2.45, 2.75) is 25.9 Å². The molecule has 2 unspecified atom stereocenters. The molecule has 1 aromatic carbocycles. The molecular weight excluding hydrogens is 280 g/mol. The number of benzene rings is 1. The van der Waals surface area contributed by atoms with Gasteiger partial charge in [0.05, 0.1) is 6.10 Å². The minimum Gasteiger partial charge on any atom is -0.389 e. The van der Waals surface area contributed by atoms with Crippen molar-refractivity contribution < 1.29 is 4.74 Å². The van der Waals surface area contributed by atoms with Crippen molar-refractivity contribution in [3.8, 4) is 0 Å². The van der Waals surface area contributed by atoms with Gasteiger partial charge in [0.25, 0.3) is 0 Å². The largest absolute Gasteiger partial charge is 0.389 e. The van der Waals surface area contributed by atoms with Crippen LogP contribution in [0.3, 0.4) is 0 Å². The molecule has 5 heteroatoms. The lowest BCUT2D eigenvalue weighted by atomic mass is 9.99. The van der Waals surface area contributed by atoms with Crippen LogP contribution in [0.4, 0.5) is 5.69 Å². The minimum atomic E-state index is 0.355. The number of hydrogen-bond acceptors (Lipinski definition) is 3. The van der Waals surface area contributed by atoms with E-state index in [9.17, 15) is 0 Å². The highest BCUT2D eigenvalue weighted by atomic mass is 35.5. The molecule has 2 atom stereocenters. The van der Waals surface area contributed by atoms with E-state index in [1.165, 1.54) is 0 Å². The molecule has 104 valence electrons. The third kappa shape index (κ3) is 3.59. The first-order valence-corrected chi connectivity index (χ1v) is 7.35. The zero-order valence-corrected chi connectivity index (χ0v) is 12.6. The SMILES string of the molecule is CCC1OCCC1CNc1ccc(Cl)cc1C(N)=S. The van der Waals surface area contributed by atoms with Crippen molar-refractivity contribution >= 4 is 34.5 Å². The summed E-state index contributed by atoms with van der Waals surface area (Å²) in [5.74, 6) is 0.542. The van der Waals surface area contributed by atoms with Crippen LogP contribution in [0.15, 0.2) is 18.2 Å². The van der Waals surface area contributed by atoms with Gasteiger partial charge in [0.1, 0.15) is 4.99 Å². The monoisotopic (exact) mass is 298 g/mol. The Hall–Kier alpha value is -0.840. The fourth-order valence-corrected chi connectivity index (χ4v) is 2.83. The summed E-state index contributed by atoms with van der Waals surface area (Å²) in [7, 11) is 0. The number of thiocarbonyl (C=S) groups is 1. The van der Waals surface area contributed by atoms with Crippen molar-refractivity contribution in [1.82, 2.24) is 0 Å². The number of hydrogen-bond donors (Lipinski definition) is 2. The van der Waals surface area contributed by atoms with Crippen LogP contribution >= 0.6 is 23.8 Å². The number of anilines is 1. The summed E-state index contributed by atoms with van der Waals surface area (Å²) in [6.45, 7) is 3.88. The molecule has 1 aliphatic rings. The topological polar surface area (TPSA) is 47.3 Å². The minimum absolute atomic E-state index is 0.355. The van der Waals surface area contributed by atoms with Gasteiger partial charge < -0.3 is 15.8 Å². The Balaban J connectivity index is 2.05. The van der Waals surface area contributed by atoms with Crippen LogP contribution in [0.5, 0.6) is 0 Å². The highest BCUT2D eigenvalue weighted by Gasteiger charge is 2.26. The Bertz CT molecular complexity index is 467. The average molecular weight is 299 g/mol. The molecule has 0 bridgehead atoms. The lowest BCUT2D eigenvalue weighted by Gasteiger charge is -2.19. The first kappa shape index (κ1) is 14.6. The molecule has 19 heavy (non-hydrogen) atoms. The summed E-state index contributed by atoms with van der Waals surface area (Å²) >= 11 is 11.0. The van der Waals surface area contributed by atoms with Crippen LogP contribution < -0.4 is 11.1 Å². The second-order valence-electron chi connectivity index (χ2n) is 4.80. The van der Waals surface area contributed by atoms with Gasteiger partial charge in [-0.2, -0.15) is 0 Å². The molecule has 1 fully saturated rings. The molecule has 0 aromatic heterocycles. The van der Waals surface area contributed by atoms with E-state index in [0.717, 1.165) is 37.2 Å². The molecule has 0 aliphatic carbocycles. The first-order valence-electron chi connectivity index (χ1n) is 6.56. The molecule has 2 rings (SSSR count). The van der Waals surface area contributed by atoms with Crippen molar-refractivity contribution in [1.29, 1.82) is 0 Å². The van der Waals surface area contributed by atoms with Crippen LogP contribution in [0.1, 0.15) is 25.3 Å². The Kier molecular flexibility index (Phi) is 5.02. The molecule has 1 aromatic rings. The average Bonchev–Trinajstić information content (AvgIpc) is 2.84. The molecule has 0 saturated carbocycles. The fourth-order valence-electron chi connectivity index (χ4n) is 2.49. The van der Waals surface area contributed by atoms with Gasteiger partial charge in [-0.3, -0.25) is 0 Å². The molecule has 0 spiro atoms. The van der Waals surface area contributed by atoms with E-state index >= 15 is 0 Å². The number of nitrogens with two attached hydrogens (primary N) is 1. The Morgan fingerprint density at radius 1 is 1.58 bits per heavy atom. The second kappa shape index (κ2) is 6.55. The van der Waals surface area contributed by atoms with Gasteiger partial charge in [0, 0.05) is 35.3 Å². The van der Waals surface area contributed by atoms with Gasteiger partial charge in [0.15, 0.2) is 0 Å². The Labute approximate surface area is 124 Å². The fraction of sp³-hybridized carbons (Fsp3) is 0.500.